The van der Waals surface area contributed by atoms with Crippen LogP contribution in [-0.4, -0.2) is 36.4 Å². The molecule has 0 bridgehead atoms. The van der Waals surface area contributed by atoms with Crippen molar-refractivity contribution in [2.24, 2.45) is 0 Å². The number of likely N-dealkylation sites (N-methyl/N-ethyl adjacent to an activating group) is 2. The number of amides is 1. The molecule has 1 N–H and O–H groups in total. The number of quaternary nitrogens is 1. The van der Waals surface area contributed by atoms with Crippen LogP contribution in [0.15, 0.2) is 48.5 Å². The van der Waals surface area contributed by atoms with Crippen LogP contribution in [0.4, 0.5) is 0 Å². The van der Waals surface area contributed by atoms with Gasteiger partial charge in [0.15, 0.2) is 6.54 Å². The van der Waals surface area contributed by atoms with Crippen molar-refractivity contribution in [3.63, 3.8) is 0 Å². The van der Waals surface area contributed by atoms with Gasteiger partial charge in [-0.15, -0.1) is 11.3 Å². The van der Waals surface area contributed by atoms with Gasteiger partial charge < -0.3 is 9.80 Å². The summed E-state index contributed by atoms with van der Waals surface area (Å²) in [6, 6.07) is 16.4. The standard InChI is InChI=1S/C21H25N3OS/c1-15-9-5-6-10-17(15)13-23(3)14-20(25)24(4)16(2)21-22-18-11-7-8-12-19(18)26-21/h5-12,16H,13-14H2,1-4H3/p+1/t16-/m1/s1. The van der Waals surface area contributed by atoms with Gasteiger partial charge in [-0.05, 0) is 31.5 Å². The normalized spacial score (nSPS) is 13.5. The lowest BCUT2D eigenvalue weighted by Gasteiger charge is -2.24. The number of benzene rings is 2. The van der Waals surface area contributed by atoms with E-state index in [4.69, 9.17) is 4.98 Å². The highest BCUT2D eigenvalue weighted by Crippen LogP contribution is 2.28. The third-order valence-electron chi connectivity index (χ3n) is 4.85. The molecule has 2 atom stereocenters. The Hall–Kier alpha value is -2.24. The van der Waals surface area contributed by atoms with Gasteiger partial charge in [-0.1, -0.05) is 36.4 Å². The van der Waals surface area contributed by atoms with Crippen molar-refractivity contribution in [3.8, 4) is 0 Å². The molecule has 0 spiro atoms. The van der Waals surface area contributed by atoms with Gasteiger partial charge in [-0.3, -0.25) is 4.79 Å². The van der Waals surface area contributed by atoms with Gasteiger partial charge in [-0.2, -0.15) is 0 Å². The molecular weight excluding hydrogens is 342 g/mol. The predicted molar refractivity (Wildman–Crippen MR) is 107 cm³/mol. The molecule has 1 heterocycles. The number of aryl methyl sites for hydroxylation is 1. The Labute approximate surface area is 159 Å². The van der Waals surface area contributed by atoms with Crippen molar-refractivity contribution >= 4 is 27.5 Å². The Balaban J connectivity index is 1.64. The van der Waals surface area contributed by atoms with Crippen molar-refractivity contribution in [2.75, 3.05) is 20.6 Å². The molecule has 0 saturated heterocycles. The number of para-hydroxylation sites is 1. The number of fused-ring (bicyclic) bond motifs is 1. The van der Waals surface area contributed by atoms with Crippen molar-refractivity contribution in [3.05, 3.63) is 64.7 Å². The number of hydrogen-bond donors (Lipinski definition) is 1. The summed E-state index contributed by atoms with van der Waals surface area (Å²) < 4.78 is 1.16. The van der Waals surface area contributed by atoms with Crippen LogP contribution < -0.4 is 4.90 Å². The summed E-state index contributed by atoms with van der Waals surface area (Å²) in [5, 5.41) is 0.985. The fraction of sp³-hybridized carbons (Fsp3) is 0.333. The average molecular weight is 369 g/mol. The highest BCUT2D eigenvalue weighted by molar-refractivity contribution is 7.18. The first-order valence-corrected chi connectivity index (χ1v) is 9.74. The lowest BCUT2D eigenvalue weighted by atomic mass is 10.1. The van der Waals surface area contributed by atoms with Crippen LogP contribution in [0, 0.1) is 6.92 Å². The molecule has 1 amide bonds. The predicted octanol–water partition coefficient (Wildman–Crippen LogP) is 2.84. The van der Waals surface area contributed by atoms with E-state index in [9.17, 15) is 4.79 Å². The minimum atomic E-state index is -0.0221. The molecule has 3 aromatic rings. The summed E-state index contributed by atoms with van der Waals surface area (Å²) in [6.45, 7) is 5.49. The molecule has 0 aliphatic heterocycles. The Morgan fingerprint density at radius 3 is 2.62 bits per heavy atom. The molecule has 0 radical (unpaired) electrons. The van der Waals surface area contributed by atoms with Crippen LogP contribution >= 0.6 is 11.3 Å². The van der Waals surface area contributed by atoms with Crippen LogP contribution in [0.5, 0.6) is 0 Å². The van der Waals surface area contributed by atoms with E-state index in [1.54, 1.807) is 11.3 Å². The smallest absolute Gasteiger partial charge is 0.278 e. The first-order valence-electron chi connectivity index (χ1n) is 8.92. The molecular formula is C21H26N3OS+. The van der Waals surface area contributed by atoms with Gasteiger partial charge in [-0.25, -0.2) is 4.98 Å². The Morgan fingerprint density at radius 2 is 1.88 bits per heavy atom. The number of carbonyl (C=O) groups is 1. The highest BCUT2D eigenvalue weighted by Gasteiger charge is 2.23. The molecule has 5 heteroatoms. The monoisotopic (exact) mass is 368 g/mol. The largest absolute Gasteiger partial charge is 0.332 e. The van der Waals surface area contributed by atoms with Gasteiger partial charge >= 0.3 is 0 Å². The molecule has 0 aliphatic rings. The first kappa shape index (κ1) is 18.5. The fourth-order valence-electron chi connectivity index (χ4n) is 3.03. The second kappa shape index (κ2) is 7.98. The van der Waals surface area contributed by atoms with Gasteiger partial charge in [0.25, 0.3) is 5.91 Å². The Morgan fingerprint density at radius 1 is 1.19 bits per heavy atom. The average Bonchev–Trinajstić information content (AvgIpc) is 3.06. The van der Waals surface area contributed by atoms with Crippen LogP contribution in [0.25, 0.3) is 10.2 Å². The maximum Gasteiger partial charge on any atom is 0.278 e. The number of aromatic nitrogens is 1. The van der Waals surface area contributed by atoms with E-state index in [0.717, 1.165) is 21.8 Å². The van der Waals surface area contributed by atoms with Crippen molar-refractivity contribution in [1.29, 1.82) is 0 Å². The lowest BCUT2D eigenvalue weighted by Crippen LogP contribution is -3.08. The minimum Gasteiger partial charge on any atom is -0.332 e. The zero-order valence-electron chi connectivity index (χ0n) is 15.8. The topological polar surface area (TPSA) is 37.6 Å². The number of hydrogen-bond acceptors (Lipinski definition) is 3. The Bertz CT molecular complexity index is 872. The van der Waals surface area contributed by atoms with E-state index in [2.05, 4.69) is 38.2 Å². The highest BCUT2D eigenvalue weighted by atomic mass is 32.1. The fourth-order valence-corrected chi connectivity index (χ4v) is 4.09. The molecule has 136 valence electrons. The molecule has 4 nitrogen and oxygen atoms in total. The van der Waals surface area contributed by atoms with Gasteiger partial charge in [0, 0.05) is 12.6 Å². The van der Waals surface area contributed by atoms with Crippen molar-refractivity contribution < 1.29 is 9.69 Å². The summed E-state index contributed by atoms with van der Waals surface area (Å²) in [6.07, 6.45) is 0. The summed E-state index contributed by atoms with van der Waals surface area (Å²) in [5.41, 5.74) is 3.57. The third-order valence-corrected chi connectivity index (χ3v) is 6.06. The van der Waals surface area contributed by atoms with E-state index in [1.165, 1.54) is 16.0 Å². The van der Waals surface area contributed by atoms with Crippen LogP contribution in [0.3, 0.4) is 0 Å². The second-order valence-corrected chi connectivity index (χ2v) is 8.00. The van der Waals surface area contributed by atoms with Crippen LogP contribution in [-0.2, 0) is 11.3 Å². The third kappa shape index (κ3) is 4.11. The van der Waals surface area contributed by atoms with Crippen LogP contribution in [0.1, 0.15) is 29.1 Å². The summed E-state index contributed by atoms with van der Waals surface area (Å²) in [5.74, 6) is 0.142. The Kier molecular flexibility index (Phi) is 5.69. The molecule has 1 aromatic heterocycles. The minimum absolute atomic E-state index is 0.0221. The van der Waals surface area contributed by atoms with E-state index < -0.39 is 0 Å². The number of rotatable bonds is 6. The number of nitrogens with zero attached hydrogens (tertiary/aromatic N) is 2. The van der Waals surface area contributed by atoms with E-state index in [1.807, 2.05) is 43.1 Å². The molecule has 26 heavy (non-hydrogen) atoms. The molecule has 2 aromatic carbocycles. The maximum absolute atomic E-state index is 12.7. The molecule has 1 unspecified atom stereocenters. The van der Waals surface area contributed by atoms with E-state index >= 15 is 0 Å². The van der Waals surface area contributed by atoms with Gasteiger partial charge in [0.05, 0.1) is 23.3 Å². The number of carbonyl (C=O) groups excluding carboxylic acids is 1. The van der Waals surface area contributed by atoms with Crippen molar-refractivity contribution in [1.82, 2.24) is 9.88 Å². The van der Waals surface area contributed by atoms with E-state index in [0.29, 0.717) is 6.54 Å². The number of thiazole rings is 1. The molecule has 0 fully saturated rings. The van der Waals surface area contributed by atoms with Crippen LogP contribution in [0.2, 0.25) is 0 Å². The SMILES string of the molecule is Cc1ccccc1C[NH+](C)CC(=O)N(C)[C@H](C)c1nc2ccccc2s1. The second-order valence-electron chi connectivity index (χ2n) is 6.94. The number of nitrogens with one attached hydrogen (secondary N) is 1. The summed E-state index contributed by atoms with van der Waals surface area (Å²) in [7, 11) is 3.95. The summed E-state index contributed by atoms with van der Waals surface area (Å²) in [4.78, 5) is 20.4. The molecule has 0 aliphatic carbocycles. The van der Waals surface area contributed by atoms with Gasteiger partial charge in [0.2, 0.25) is 0 Å². The quantitative estimate of drug-likeness (QED) is 0.726. The lowest BCUT2D eigenvalue weighted by molar-refractivity contribution is -0.885. The first-order chi connectivity index (χ1) is 12.5. The zero-order valence-corrected chi connectivity index (χ0v) is 16.6. The summed E-state index contributed by atoms with van der Waals surface area (Å²) >= 11 is 1.66. The zero-order chi connectivity index (χ0) is 18.7. The molecule has 3 rings (SSSR count). The van der Waals surface area contributed by atoms with Crippen molar-refractivity contribution in [2.45, 2.75) is 26.4 Å². The van der Waals surface area contributed by atoms with E-state index in [-0.39, 0.29) is 11.9 Å². The van der Waals surface area contributed by atoms with Gasteiger partial charge in [0.1, 0.15) is 11.6 Å². The molecule has 0 saturated carbocycles. The maximum atomic E-state index is 12.7.